The van der Waals surface area contributed by atoms with Crippen LogP contribution in [-0.4, -0.2) is 26.8 Å². The summed E-state index contributed by atoms with van der Waals surface area (Å²) in [5.74, 6) is 0.653. The highest BCUT2D eigenvalue weighted by Crippen LogP contribution is 2.41. The van der Waals surface area contributed by atoms with Gasteiger partial charge in [-0.1, -0.05) is 12.1 Å². The van der Waals surface area contributed by atoms with Crippen molar-refractivity contribution in [2.24, 2.45) is 17.9 Å². The summed E-state index contributed by atoms with van der Waals surface area (Å²) in [5, 5.41) is 4.88. The first kappa shape index (κ1) is 15.3. The Morgan fingerprint density at radius 1 is 1.40 bits per heavy atom. The van der Waals surface area contributed by atoms with Gasteiger partial charge < -0.3 is 10.3 Å². The highest BCUT2D eigenvalue weighted by molar-refractivity contribution is 6.00. The van der Waals surface area contributed by atoms with Crippen LogP contribution in [0.25, 0.3) is 22.3 Å². The Kier molecular flexibility index (Phi) is 3.68. The molecule has 0 saturated heterocycles. The number of rotatable bonds is 4. The molecule has 0 bridgehead atoms. The van der Waals surface area contributed by atoms with E-state index in [1.54, 1.807) is 18.7 Å². The van der Waals surface area contributed by atoms with E-state index in [1.165, 1.54) is 18.4 Å². The number of primary amides is 1. The number of nitrogens with zero attached hydrogens (tertiary/aromatic N) is 4. The molecule has 0 unspecified atom stereocenters. The number of aromatic nitrogens is 3. The van der Waals surface area contributed by atoms with Crippen molar-refractivity contribution in [2.45, 2.75) is 18.8 Å². The van der Waals surface area contributed by atoms with E-state index in [0.717, 1.165) is 27.9 Å². The lowest BCUT2D eigenvalue weighted by Gasteiger charge is -2.09. The normalized spacial score (nSPS) is 14.3. The molecule has 25 heavy (non-hydrogen) atoms. The van der Waals surface area contributed by atoms with Gasteiger partial charge >= 0.3 is 6.03 Å². The van der Waals surface area contributed by atoms with Gasteiger partial charge in [0, 0.05) is 18.0 Å². The van der Waals surface area contributed by atoms with Crippen LogP contribution in [0, 0.1) is 0 Å². The van der Waals surface area contributed by atoms with Crippen molar-refractivity contribution in [1.82, 2.24) is 20.0 Å². The van der Waals surface area contributed by atoms with Crippen LogP contribution < -0.4 is 11.2 Å². The molecule has 7 heteroatoms. The lowest BCUT2D eigenvalue weighted by Crippen LogP contribution is -2.24. The molecule has 0 aliphatic heterocycles. The lowest BCUT2D eigenvalue weighted by molar-refractivity contribution is 0.249. The van der Waals surface area contributed by atoms with Crippen molar-refractivity contribution in [3.05, 3.63) is 47.9 Å². The van der Waals surface area contributed by atoms with E-state index in [-0.39, 0.29) is 0 Å². The predicted octanol–water partition coefficient (Wildman–Crippen LogP) is 2.51. The summed E-state index contributed by atoms with van der Waals surface area (Å²) >= 11 is 0. The van der Waals surface area contributed by atoms with Gasteiger partial charge in [0.2, 0.25) is 0 Å². The molecule has 3 N–H and O–H groups in total. The summed E-state index contributed by atoms with van der Waals surface area (Å²) in [4.78, 5) is 19.8. The van der Waals surface area contributed by atoms with E-state index >= 15 is 0 Å². The third-order valence-corrected chi connectivity index (χ3v) is 4.37. The van der Waals surface area contributed by atoms with Crippen LogP contribution in [0.2, 0.25) is 0 Å². The molecule has 1 saturated carbocycles. The molecule has 3 aromatic rings. The minimum Gasteiger partial charge on any atom is -0.350 e. The molecule has 2 aromatic heterocycles. The van der Waals surface area contributed by atoms with Gasteiger partial charge in [-0.05, 0) is 36.5 Å². The van der Waals surface area contributed by atoms with Crippen molar-refractivity contribution < 1.29 is 4.79 Å². The minimum atomic E-state index is -0.697. The zero-order chi connectivity index (χ0) is 17.4. The molecule has 0 atom stereocenters. The fourth-order valence-electron chi connectivity index (χ4n) is 2.95. The molecule has 1 fully saturated rings. The van der Waals surface area contributed by atoms with Crippen molar-refractivity contribution in [3.8, 4) is 11.4 Å². The summed E-state index contributed by atoms with van der Waals surface area (Å²) in [6, 6.07) is 7.59. The molecule has 0 spiro atoms. The van der Waals surface area contributed by atoms with E-state index in [9.17, 15) is 4.79 Å². The maximum Gasteiger partial charge on any atom is 0.332 e. The maximum atomic E-state index is 10.9. The number of hydrogen-bond acceptors (Lipinski definition) is 4. The number of benzene rings is 1. The van der Waals surface area contributed by atoms with Gasteiger partial charge in [-0.25, -0.2) is 20.2 Å². The van der Waals surface area contributed by atoms with Gasteiger partial charge in [-0.3, -0.25) is 0 Å². The zero-order valence-electron chi connectivity index (χ0n) is 13.8. The predicted molar refractivity (Wildman–Crippen MR) is 96.2 cm³/mol. The van der Waals surface area contributed by atoms with E-state index in [4.69, 9.17) is 10.7 Å². The summed E-state index contributed by atoms with van der Waals surface area (Å²) in [5.41, 5.74) is 12.1. The first-order chi connectivity index (χ1) is 12.1. The van der Waals surface area contributed by atoms with Crippen LogP contribution in [0.15, 0.2) is 41.9 Å². The molecule has 7 nitrogen and oxygen atoms in total. The fraction of sp³-hybridized carbons (Fsp3) is 0.222. The van der Waals surface area contributed by atoms with Crippen molar-refractivity contribution >= 4 is 23.1 Å². The van der Waals surface area contributed by atoms with Gasteiger partial charge in [0.05, 0.1) is 35.6 Å². The number of carbonyl (C=O) groups excluding carboxylic acids is 1. The summed E-state index contributed by atoms with van der Waals surface area (Å²) in [6.07, 6.45) is 7.59. The van der Waals surface area contributed by atoms with E-state index in [1.807, 2.05) is 17.7 Å². The molecule has 4 rings (SSSR count). The number of nitrogens with one attached hydrogen (secondary N) is 1. The van der Waals surface area contributed by atoms with Crippen LogP contribution in [0.3, 0.4) is 0 Å². The second-order valence-corrected chi connectivity index (χ2v) is 6.27. The van der Waals surface area contributed by atoms with Crippen molar-refractivity contribution in [1.29, 1.82) is 0 Å². The van der Waals surface area contributed by atoms with Crippen LogP contribution in [0.1, 0.15) is 29.9 Å². The Bertz CT molecular complexity index is 986. The average molecular weight is 334 g/mol. The van der Waals surface area contributed by atoms with Crippen LogP contribution in [-0.2, 0) is 7.05 Å². The number of hydrazone groups is 1. The summed E-state index contributed by atoms with van der Waals surface area (Å²) in [7, 11) is 1.93. The number of amides is 2. The molecule has 2 heterocycles. The zero-order valence-corrected chi connectivity index (χ0v) is 13.8. The molecule has 2 amide bonds. The number of urea groups is 1. The van der Waals surface area contributed by atoms with Crippen molar-refractivity contribution in [3.63, 3.8) is 0 Å². The quantitative estimate of drug-likeness (QED) is 0.566. The molecular weight excluding hydrogens is 316 g/mol. The highest BCUT2D eigenvalue weighted by Gasteiger charge is 2.24. The molecule has 1 aliphatic rings. The molecule has 0 radical (unpaired) electrons. The smallest absolute Gasteiger partial charge is 0.332 e. The fourth-order valence-corrected chi connectivity index (χ4v) is 2.95. The second kappa shape index (κ2) is 6.01. The number of carbonyl (C=O) groups is 1. The summed E-state index contributed by atoms with van der Waals surface area (Å²) < 4.78 is 1.92. The van der Waals surface area contributed by atoms with Crippen LogP contribution in [0.4, 0.5) is 4.79 Å². The minimum absolute atomic E-state index is 0.653. The van der Waals surface area contributed by atoms with Gasteiger partial charge in [-0.15, -0.1) is 0 Å². The third kappa shape index (κ3) is 3.08. The van der Waals surface area contributed by atoms with Gasteiger partial charge in [0.15, 0.2) is 0 Å². The number of pyridine rings is 1. The largest absolute Gasteiger partial charge is 0.350 e. The molecular formula is C18H18N6O. The maximum absolute atomic E-state index is 10.9. The Morgan fingerprint density at radius 3 is 2.92 bits per heavy atom. The first-order valence-corrected chi connectivity index (χ1v) is 8.12. The van der Waals surface area contributed by atoms with E-state index in [0.29, 0.717) is 5.92 Å². The highest BCUT2D eigenvalue weighted by atomic mass is 16.2. The third-order valence-electron chi connectivity index (χ3n) is 4.37. The second-order valence-electron chi connectivity index (χ2n) is 6.27. The number of fused-ring (bicyclic) bond motifs is 1. The SMILES string of the molecule is Cn1cncc1-c1cc(C=NNC(N)=O)c2ccc(C3CC3)cc2n1. The molecule has 1 aromatic carbocycles. The molecule has 1 aliphatic carbocycles. The van der Waals surface area contributed by atoms with E-state index < -0.39 is 6.03 Å². The standard InChI is InChI=1S/C18H18N6O/c1-24-10-20-9-17(24)16-7-13(8-21-23-18(19)25)14-5-4-12(11-2-3-11)6-15(14)22-16/h4-11H,2-3H2,1H3,(H3,19,23,25). The number of hydrogen-bond donors (Lipinski definition) is 2. The van der Waals surface area contributed by atoms with E-state index in [2.05, 4.69) is 33.7 Å². The van der Waals surface area contributed by atoms with Gasteiger partial charge in [0.25, 0.3) is 0 Å². The monoisotopic (exact) mass is 334 g/mol. The number of imidazole rings is 1. The Labute approximate surface area is 144 Å². The number of aryl methyl sites for hydroxylation is 1. The van der Waals surface area contributed by atoms with Gasteiger partial charge in [0.1, 0.15) is 0 Å². The number of nitrogens with two attached hydrogens (primary N) is 1. The van der Waals surface area contributed by atoms with Gasteiger partial charge in [-0.2, -0.15) is 5.10 Å². The lowest BCUT2D eigenvalue weighted by atomic mass is 10.0. The molecule has 126 valence electrons. The van der Waals surface area contributed by atoms with Crippen molar-refractivity contribution in [2.75, 3.05) is 0 Å². The Balaban J connectivity index is 1.86. The summed E-state index contributed by atoms with van der Waals surface area (Å²) in [6.45, 7) is 0. The van der Waals surface area contributed by atoms with Crippen LogP contribution >= 0.6 is 0 Å². The average Bonchev–Trinajstić information content (AvgIpc) is 3.35. The topological polar surface area (TPSA) is 98.2 Å². The van der Waals surface area contributed by atoms with Crippen LogP contribution in [0.5, 0.6) is 0 Å². The Morgan fingerprint density at radius 2 is 2.24 bits per heavy atom. The Hall–Kier alpha value is -3.22. The first-order valence-electron chi connectivity index (χ1n) is 8.12.